The first-order valence-electron chi connectivity index (χ1n) is 11.5. The molecule has 36 heavy (non-hydrogen) atoms. The summed E-state index contributed by atoms with van der Waals surface area (Å²) in [5.74, 6) is -0.0259. The Labute approximate surface area is 213 Å². The van der Waals surface area contributed by atoms with Crippen molar-refractivity contribution in [1.82, 2.24) is 19.5 Å². The minimum absolute atomic E-state index is 0.0141. The molecule has 12 nitrogen and oxygen atoms in total. The van der Waals surface area contributed by atoms with Gasteiger partial charge in [-0.05, 0) is 24.1 Å². The van der Waals surface area contributed by atoms with Crippen molar-refractivity contribution in [3.05, 3.63) is 51.5 Å². The molecule has 2 unspecified atom stereocenters. The number of hydrogen-bond donors (Lipinski definition) is 3. The quantitative estimate of drug-likeness (QED) is 0.181. The lowest BCUT2D eigenvalue weighted by molar-refractivity contribution is -0.0199. The molecule has 0 bridgehead atoms. The molecular formula is C22H31ClN5O7P. The average molecular weight is 544 g/mol. The van der Waals surface area contributed by atoms with Gasteiger partial charge in [0.25, 0.3) is 5.56 Å². The van der Waals surface area contributed by atoms with Crippen LogP contribution >= 0.6 is 19.2 Å². The van der Waals surface area contributed by atoms with Crippen molar-refractivity contribution in [1.29, 1.82) is 0 Å². The van der Waals surface area contributed by atoms with Crippen molar-refractivity contribution >= 4 is 36.3 Å². The number of hydrogen-bond acceptors (Lipinski definition) is 10. The molecule has 0 saturated heterocycles. The van der Waals surface area contributed by atoms with E-state index in [-0.39, 0.29) is 50.8 Å². The summed E-state index contributed by atoms with van der Waals surface area (Å²) in [6, 6.07) is 6.96. The van der Waals surface area contributed by atoms with Crippen molar-refractivity contribution in [2.45, 2.75) is 39.0 Å². The Morgan fingerprint density at radius 1 is 1.31 bits per heavy atom. The van der Waals surface area contributed by atoms with E-state index < -0.39 is 19.3 Å². The summed E-state index contributed by atoms with van der Waals surface area (Å²) in [4.78, 5) is 22.5. The van der Waals surface area contributed by atoms with Crippen LogP contribution in [0.1, 0.15) is 25.3 Å². The number of H-pyrrole nitrogens is 1. The maximum absolute atomic E-state index is 13.5. The lowest BCUT2D eigenvalue weighted by atomic mass is 10.2. The standard InChI is InChI=1S/C22H31ClN5O7P/c1-2-3-8-33-18(11-29)13-35-36(31,34-12-16-5-4-6-17(23)10-16)15-32-9-7-28-14-25-19-20(28)26-22(24)27-21(19)30/h4-6,10,14,18,29H,2-3,7-9,11-13,15H2,1H3,(H3,24,26,27,30). The van der Waals surface area contributed by atoms with Crippen molar-refractivity contribution in [3.63, 3.8) is 0 Å². The molecule has 0 aliphatic rings. The van der Waals surface area contributed by atoms with Gasteiger partial charge in [0.05, 0.1) is 32.8 Å². The van der Waals surface area contributed by atoms with Gasteiger partial charge in [-0.2, -0.15) is 4.98 Å². The third-order valence-electron chi connectivity index (χ3n) is 5.05. The second-order valence-corrected chi connectivity index (χ2v) is 10.4. The molecule has 1 aromatic carbocycles. The molecule has 0 fully saturated rings. The van der Waals surface area contributed by atoms with Gasteiger partial charge in [-0.1, -0.05) is 37.1 Å². The van der Waals surface area contributed by atoms with Crippen LogP contribution in [0.4, 0.5) is 5.95 Å². The molecule has 0 radical (unpaired) electrons. The Hall–Kier alpha value is -2.31. The van der Waals surface area contributed by atoms with Crippen molar-refractivity contribution < 1.29 is 28.2 Å². The second kappa shape index (κ2) is 13.8. The molecular weight excluding hydrogens is 513 g/mol. The summed E-state index contributed by atoms with van der Waals surface area (Å²) in [5.41, 5.74) is 6.35. The Bertz CT molecular complexity index is 1220. The van der Waals surface area contributed by atoms with E-state index in [0.717, 1.165) is 12.8 Å². The van der Waals surface area contributed by atoms with Crippen LogP contribution in [0, 0.1) is 0 Å². The maximum Gasteiger partial charge on any atom is 0.356 e. The predicted molar refractivity (Wildman–Crippen MR) is 135 cm³/mol. The van der Waals surface area contributed by atoms with Crippen LogP contribution in [-0.2, 0) is 36.2 Å². The normalized spacial score (nSPS) is 14.2. The smallest absolute Gasteiger partial charge is 0.356 e. The first-order valence-corrected chi connectivity index (χ1v) is 13.6. The van der Waals surface area contributed by atoms with Crippen LogP contribution in [0.3, 0.4) is 0 Å². The van der Waals surface area contributed by atoms with Crippen molar-refractivity contribution in [3.8, 4) is 0 Å². The molecule has 2 heterocycles. The number of ether oxygens (including phenoxy) is 2. The number of fused-ring (bicyclic) bond motifs is 1. The number of nitrogens with one attached hydrogen (secondary N) is 1. The van der Waals surface area contributed by atoms with Gasteiger partial charge < -0.3 is 33.9 Å². The highest BCUT2D eigenvalue weighted by molar-refractivity contribution is 7.53. The largest absolute Gasteiger partial charge is 0.394 e. The Morgan fingerprint density at radius 3 is 2.89 bits per heavy atom. The zero-order valence-electron chi connectivity index (χ0n) is 20.0. The fourth-order valence-electron chi connectivity index (χ4n) is 3.13. The summed E-state index contributed by atoms with van der Waals surface area (Å²) in [7, 11) is -3.75. The van der Waals surface area contributed by atoms with E-state index in [1.807, 2.05) is 6.92 Å². The second-order valence-electron chi connectivity index (χ2n) is 7.94. The Balaban J connectivity index is 1.61. The summed E-state index contributed by atoms with van der Waals surface area (Å²) in [6.07, 6.45) is 2.23. The SMILES string of the molecule is CCCCOC(CO)COP(=O)(COCCn1cnc2c(=O)[nH]c(N)nc21)OCc1cccc(Cl)c1. The highest BCUT2D eigenvalue weighted by atomic mass is 35.5. The summed E-state index contributed by atoms with van der Waals surface area (Å²) in [5, 5.41) is 10.1. The predicted octanol–water partition coefficient (Wildman–Crippen LogP) is 2.93. The van der Waals surface area contributed by atoms with E-state index >= 15 is 0 Å². The Kier molecular flexibility index (Phi) is 10.9. The third kappa shape index (κ3) is 8.38. The molecule has 14 heteroatoms. The van der Waals surface area contributed by atoms with Crippen LogP contribution in [-0.4, -0.2) is 63.5 Å². The van der Waals surface area contributed by atoms with Gasteiger partial charge in [0, 0.05) is 18.2 Å². The average Bonchev–Trinajstić information content (AvgIpc) is 3.26. The lowest BCUT2D eigenvalue weighted by Crippen LogP contribution is -2.24. The van der Waals surface area contributed by atoms with Gasteiger partial charge in [-0.3, -0.25) is 14.3 Å². The molecule has 3 rings (SSSR count). The third-order valence-corrected chi connectivity index (χ3v) is 6.85. The monoisotopic (exact) mass is 543 g/mol. The number of rotatable bonds is 16. The minimum atomic E-state index is -3.75. The number of aromatic nitrogens is 4. The molecule has 0 spiro atoms. The molecule has 4 N–H and O–H groups in total. The van der Waals surface area contributed by atoms with E-state index in [0.29, 0.717) is 22.8 Å². The summed E-state index contributed by atoms with van der Waals surface area (Å²) in [6.45, 7) is 2.41. The number of anilines is 1. The molecule has 3 aromatic rings. The van der Waals surface area contributed by atoms with Crippen molar-refractivity contribution in [2.24, 2.45) is 0 Å². The van der Waals surface area contributed by atoms with Gasteiger partial charge in [-0.25, -0.2) is 4.98 Å². The topological polar surface area (TPSA) is 164 Å². The van der Waals surface area contributed by atoms with Crippen LogP contribution in [0.5, 0.6) is 0 Å². The fourth-order valence-corrected chi connectivity index (χ4v) is 4.66. The van der Waals surface area contributed by atoms with E-state index in [2.05, 4.69) is 15.0 Å². The molecule has 2 atom stereocenters. The number of nitrogen functional groups attached to an aromatic ring is 1. The zero-order valence-corrected chi connectivity index (χ0v) is 21.6. The molecule has 0 aliphatic carbocycles. The number of imidazole rings is 1. The van der Waals surface area contributed by atoms with Gasteiger partial charge in [0.1, 0.15) is 12.5 Å². The number of nitrogens with zero attached hydrogens (tertiary/aromatic N) is 3. The van der Waals surface area contributed by atoms with Gasteiger partial charge in [0.15, 0.2) is 11.2 Å². The van der Waals surface area contributed by atoms with E-state index in [1.54, 1.807) is 28.8 Å². The maximum atomic E-state index is 13.5. The molecule has 0 aliphatic heterocycles. The molecule has 0 saturated carbocycles. The van der Waals surface area contributed by atoms with Crippen LogP contribution in [0.25, 0.3) is 11.2 Å². The van der Waals surface area contributed by atoms with Gasteiger partial charge >= 0.3 is 7.60 Å². The number of halogens is 1. The first-order chi connectivity index (χ1) is 17.3. The van der Waals surface area contributed by atoms with Crippen LogP contribution in [0.15, 0.2) is 35.4 Å². The van der Waals surface area contributed by atoms with Crippen LogP contribution < -0.4 is 11.3 Å². The lowest BCUT2D eigenvalue weighted by Gasteiger charge is -2.22. The van der Waals surface area contributed by atoms with Crippen LogP contribution in [0.2, 0.25) is 5.02 Å². The van der Waals surface area contributed by atoms with E-state index in [4.69, 9.17) is 35.9 Å². The van der Waals surface area contributed by atoms with Gasteiger partial charge in [-0.15, -0.1) is 0 Å². The highest BCUT2D eigenvalue weighted by Gasteiger charge is 2.27. The summed E-state index contributed by atoms with van der Waals surface area (Å²) >= 11 is 6.02. The Morgan fingerprint density at radius 2 is 2.14 bits per heavy atom. The van der Waals surface area contributed by atoms with E-state index in [9.17, 15) is 14.5 Å². The van der Waals surface area contributed by atoms with Crippen molar-refractivity contribution in [2.75, 3.05) is 38.5 Å². The minimum Gasteiger partial charge on any atom is -0.394 e. The highest BCUT2D eigenvalue weighted by Crippen LogP contribution is 2.49. The number of benzene rings is 1. The fraction of sp³-hybridized carbons (Fsp3) is 0.500. The molecule has 0 amide bonds. The molecule has 2 aromatic heterocycles. The van der Waals surface area contributed by atoms with Gasteiger partial charge in [0.2, 0.25) is 5.95 Å². The number of nitrogens with two attached hydrogens (primary N) is 1. The molecule has 198 valence electrons. The zero-order chi connectivity index (χ0) is 26.0. The number of aliphatic hydroxyl groups is 1. The number of aromatic amines is 1. The number of unbranched alkanes of at least 4 members (excludes halogenated alkanes) is 1. The first kappa shape index (κ1) is 28.3. The summed E-state index contributed by atoms with van der Waals surface area (Å²) < 4.78 is 37.5. The van der Waals surface area contributed by atoms with E-state index in [1.165, 1.54) is 6.33 Å². The number of aliphatic hydroxyl groups excluding tert-OH is 1.